The Kier molecular flexibility index (Phi) is 7.83. The Morgan fingerprint density at radius 1 is 1.25 bits per heavy atom. The van der Waals surface area contributed by atoms with Crippen LogP contribution in [0.2, 0.25) is 5.02 Å². The molecule has 2 aromatic carbocycles. The van der Waals surface area contributed by atoms with Crippen molar-refractivity contribution in [1.82, 2.24) is 5.32 Å². The summed E-state index contributed by atoms with van der Waals surface area (Å²) in [7, 11) is 0. The zero-order valence-electron chi connectivity index (χ0n) is 15.4. The zero-order valence-corrected chi connectivity index (χ0v) is 17.0. The van der Waals surface area contributed by atoms with Gasteiger partial charge in [-0.25, -0.2) is 0 Å². The Balaban J connectivity index is 2.14. The first-order valence-corrected chi connectivity index (χ1v) is 10.2. The van der Waals surface area contributed by atoms with E-state index in [1.54, 1.807) is 30.0 Å². The molecule has 2 aromatic rings. The number of thioether (sulfide) groups is 1. The third-order valence-corrected chi connectivity index (χ3v) is 5.04. The highest BCUT2D eigenvalue weighted by molar-refractivity contribution is 7.98. The van der Waals surface area contributed by atoms with Gasteiger partial charge in [0.25, 0.3) is 11.6 Å². The molecule has 0 radical (unpaired) electrons. The van der Waals surface area contributed by atoms with Gasteiger partial charge in [-0.3, -0.25) is 19.7 Å². The molecule has 0 aliphatic heterocycles. The summed E-state index contributed by atoms with van der Waals surface area (Å²) in [6.45, 7) is 1.86. The molecule has 0 fully saturated rings. The number of aryl methyl sites for hydroxylation is 1. The SMILES string of the molecule is CSCCC(NC(=O)c1cccc([N+](=O)[O-])c1)C(=O)Nc1ccc(C)c(Cl)c1. The molecule has 0 saturated heterocycles. The molecule has 0 aliphatic carbocycles. The van der Waals surface area contributed by atoms with Crippen LogP contribution in [0.4, 0.5) is 11.4 Å². The number of carbonyl (C=O) groups is 2. The van der Waals surface area contributed by atoms with E-state index in [4.69, 9.17) is 11.6 Å². The number of anilines is 1. The Bertz CT molecular complexity index is 891. The van der Waals surface area contributed by atoms with Crippen LogP contribution in [0.3, 0.4) is 0 Å². The van der Waals surface area contributed by atoms with Crippen LogP contribution in [0.15, 0.2) is 42.5 Å². The number of halogens is 1. The maximum absolute atomic E-state index is 12.7. The molecule has 0 aliphatic rings. The number of carbonyl (C=O) groups excluding carboxylic acids is 2. The first-order chi connectivity index (χ1) is 13.3. The van der Waals surface area contributed by atoms with Crippen molar-refractivity contribution in [3.05, 3.63) is 68.7 Å². The smallest absolute Gasteiger partial charge is 0.270 e. The van der Waals surface area contributed by atoms with Crippen LogP contribution < -0.4 is 10.6 Å². The zero-order chi connectivity index (χ0) is 20.7. The minimum atomic E-state index is -0.792. The predicted molar refractivity (Wildman–Crippen MR) is 112 cm³/mol. The molecule has 2 rings (SSSR count). The molecule has 0 spiro atoms. The van der Waals surface area contributed by atoms with Crippen molar-refractivity contribution < 1.29 is 14.5 Å². The highest BCUT2D eigenvalue weighted by Gasteiger charge is 2.22. The van der Waals surface area contributed by atoms with Crippen molar-refractivity contribution in [3.63, 3.8) is 0 Å². The molecule has 7 nitrogen and oxygen atoms in total. The van der Waals surface area contributed by atoms with Gasteiger partial charge in [0, 0.05) is 28.4 Å². The van der Waals surface area contributed by atoms with Crippen LogP contribution in [-0.2, 0) is 4.79 Å². The largest absolute Gasteiger partial charge is 0.340 e. The molecule has 0 heterocycles. The summed E-state index contributed by atoms with van der Waals surface area (Å²) in [6.07, 6.45) is 2.31. The lowest BCUT2D eigenvalue weighted by atomic mass is 10.1. The van der Waals surface area contributed by atoms with E-state index in [2.05, 4.69) is 10.6 Å². The molecule has 1 unspecified atom stereocenters. The Hall–Kier alpha value is -2.58. The van der Waals surface area contributed by atoms with E-state index in [-0.39, 0.29) is 17.2 Å². The number of hydrogen-bond acceptors (Lipinski definition) is 5. The van der Waals surface area contributed by atoms with E-state index in [9.17, 15) is 19.7 Å². The van der Waals surface area contributed by atoms with Gasteiger partial charge >= 0.3 is 0 Å². The number of hydrogen-bond donors (Lipinski definition) is 2. The summed E-state index contributed by atoms with van der Waals surface area (Å²) in [5.41, 5.74) is 1.35. The fraction of sp³-hybridized carbons (Fsp3) is 0.263. The fourth-order valence-electron chi connectivity index (χ4n) is 2.41. The van der Waals surface area contributed by atoms with Gasteiger partial charge in [-0.2, -0.15) is 11.8 Å². The van der Waals surface area contributed by atoms with E-state index in [1.165, 1.54) is 24.3 Å². The maximum Gasteiger partial charge on any atom is 0.270 e. The second-order valence-electron chi connectivity index (χ2n) is 6.07. The molecule has 0 bridgehead atoms. The van der Waals surface area contributed by atoms with Gasteiger partial charge in [0.05, 0.1) is 4.92 Å². The normalized spacial score (nSPS) is 11.5. The predicted octanol–water partition coefficient (Wildman–Crippen LogP) is 4.05. The van der Waals surface area contributed by atoms with E-state index < -0.39 is 16.9 Å². The van der Waals surface area contributed by atoms with Crippen LogP contribution in [0.25, 0.3) is 0 Å². The number of nitro benzene ring substituents is 1. The minimum absolute atomic E-state index is 0.120. The molecule has 28 heavy (non-hydrogen) atoms. The summed E-state index contributed by atoms with van der Waals surface area (Å²) in [5.74, 6) is -0.276. The van der Waals surface area contributed by atoms with E-state index in [1.807, 2.05) is 13.2 Å². The maximum atomic E-state index is 12.7. The second kappa shape index (κ2) is 10.1. The van der Waals surface area contributed by atoms with Crippen molar-refractivity contribution in [2.75, 3.05) is 17.3 Å². The molecule has 0 aromatic heterocycles. The molecule has 2 N–H and O–H groups in total. The molecule has 2 amide bonds. The molecular weight excluding hydrogens is 402 g/mol. The summed E-state index contributed by atoms with van der Waals surface area (Å²) < 4.78 is 0. The first kappa shape index (κ1) is 21.7. The van der Waals surface area contributed by atoms with Crippen molar-refractivity contribution >= 4 is 46.6 Å². The molecule has 9 heteroatoms. The van der Waals surface area contributed by atoms with Crippen LogP contribution in [-0.4, -0.2) is 34.8 Å². The lowest BCUT2D eigenvalue weighted by molar-refractivity contribution is -0.384. The van der Waals surface area contributed by atoms with E-state index in [0.717, 1.165) is 5.56 Å². The number of benzene rings is 2. The van der Waals surface area contributed by atoms with Crippen molar-refractivity contribution in [3.8, 4) is 0 Å². The van der Waals surface area contributed by atoms with E-state index in [0.29, 0.717) is 22.9 Å². The number of nitro groups is 1. The lowest BCUT2D eigenvalue weighted by Crippen LogP contribution is -2.44. The summed E-state index contributed by atoms with van der Waals surface area (Å²) >= 11 is 7.63. The summed E-state index contributed by atoms with van der Waals surface area (Å²) in [6, 6.07) is 9.74. The average molecular weight is 422 g/mol. The number of nitrogens with one attached hydrogen (secondary N) is 2. The van der Waals surface area contributed by atoms with Crippen molar-refractivity contribution in [2.45, 2.75) is 19.4 Å². The lowest BCUT2D eigenvalue weighted by Gasteiger charge is -2.18. The number of non-ortho nitro benzene ring substituents is 1. The highest BCUT2D eigenvalue weighted by atomic mass is 35.5. The quantitative estimate of drug-likeness (QED) is 0.494. The van der Waals surface area contributed by atoms with Gasteiger partial charge in [-0.15, -0.1) is 0 Å². The Morgan fingerprint density at radius 3 is 2.64 bits per heavy atom. The highest BCUT2D eigenvalue weighted by Crippen LogP contribution is 2.20. The van der Waals surface area contributed by atoms with Gasteiger partial charge in [0.1, 0.15) is 6.04 Å². The van der Waals surface area contributed by atoms with Gasteiger partial charge < -0.3 is 10.6 Å². The Morgan fingerprint density at radius 2 is 2.00 bits per heavy atom. The standard InChI is InChI=1S/C19H20ClN3O4S/c1-12-6-7-14(11-16(12)20)21-19(25)17(8-9-28-2)22-18(24)13-4-3-5-15(10-13)23(26)27/h3-7,10-11,17H,8-9H2,1-2H3,(H,21,25)(H,22,24). The number of amides is 2. The van der Waals surface area contributed by atoms with Crippen LogP contribution in [0.1, 0.15) is 22.3 Å². The van der Waals surface area contributed by atoms with E-state index >= 15 is 0 Å². The molecule has 1 atom stereocenters. The summed E-state index contributed by atoms with van der Waals surface area (Å²) in [4.78, 5) is 35.5. The van der Waals surface area contributed by atoms with Gasteiger partial charge in [0.15, 0.2) is 0 Å². The summed E-state index contributed by atoms with van der Waals surface area (Å²) in [5, 5.41) is 16.8. The van der Waals surface area contributed by atoms with Crippen molar-refractivity contribution in [1.29, 1.82) is 0 Å². The van der Waals surface area contributed by atoms with Crippen LogP contribution in [0.5, 0.6) is 0 Å². The number of rotatable bonds is 8. The average Bonchev–Trinajstić information content (AvgIpc) is 2.67. The third kappa shape index (κ3) is 5.97. The number of nitrogens with zero attached hydrogens (tertiary/aromatic N) is 1. The monoisotopic (exact) mass is 421 g/mol. The first-order valence-electron chi connectivity index (χ1n) is 8.43. The minimum Gasteiger partial charge on any atom is -0.340 e. The topological polar surface area (TPSA) is 101 Å². The van der Waals surface area contributed by atoms with Crippen molar-refractivity contribution in [2.24, 2.45) is 0 Å². The molecule has 148 valence electrons. The van der Waals surface area contributed by atoms with Crippen LogP contribution >= 0.6 is 23.4 Å². The van der Waals surface area contributed by atoms with Gasteiger partial charge in [0.2, 0.25) is 5.91 Å². The Labute approximate surface area is 172 Å². The molecular formula is C19H20ClN3O4S. The van der Waals surface area contributed by atoms with Crippen LogP contribution in [0, 0.1) is 17.0 Å². The fourth-order valence-corrected chi connectivity index (χ4v) is 3.06. The van der Waals surface area contributed by atoms with Gasteiger partial charge in [-0.05, 0) is 49.1 Å². The van der Waals surface area contributed by atoms with Gasteiger partial charge in [-0.1, -0.05) is 23.7 Å². The third-order valence-electron chi connectivity index (χ3n) is 3.99. The molecule has 0 saturated carbocycles. The second-order valence-corrected chi connectivity index (χ2v) is 7.46.